The van der Waals surface area contributed by atoms with Crippen molar-refractivity contribution in [2.45, 2.75) is 31.0 Å². The Morgan fingerprint density at radius 3 is 2.75 bits per heavy atom. The lowest BCUT2D eigenvalue weighted by atomic mass is 9.88. The fourth-order valence-electron chi connectivity index (χ4n) is 3.26. The molecule has 2 saturated heterocycles. The molecule has 0 saturated carbocycles. The van der Waals surface area contributed by atoms with Gasteiger partial charge in [0.05, 0.1) is 18.3 Å². The quantitative estimate of drug-likeness (QED) is 0.822. The van der Waals surface area contributed by atoms with Crippen LogP contribution in [0.3, 0.4) is 0 Å². The van der Waals surface area contributed by atoms with Gasteiger partial charge in [-0.15, -0.1) is 0 Å². The van der Waals surface area contributed by atoms with Crippen LogP contribution in [0.5, 0.6) is 0 Å². The molecule has 1 aromatic rings. The number of carbonyl (C=O) groups is 1. The number of amides is 1. The van der Waals surface area contributed by atoms with E-state index in [1.54, 1.807) is 7.11 Å². The summed E-state index contributed by atoms with van der Waals surface area (Å²) < 4.78 is 13.2. The predicted octanol–water partition coefficient (Wildman–Crippen LogP) is 1.44. The first-order chi connectivity index (χ1) is 9.63. The summed E-state index contributed by atoms with van der Waals surface area (Å²) in [7, 11) is 3.64. The van der Waals surface area contributed by atoms with E-state index in [2.05, 4.69) is 0 Å². The lowest BCUT2D eigenvalue weighted by Gasteiger charge is -2.38. The number of hydrogen-bond acceptors (Lipinski definition) is 3. The number of carbonyl (C=O) groups excluding carboxylic acids is 1. The molecule has 2 fully saturated rings. The van der Waals surface area contributed by atoms with E-state index in [1.807, 2.05) is 34.8 Å². The van der Waals surface area contributed by atoms with Gasteiger partial charge in [-0.1, -0.05) is 0 Å². The van der Waals surface area contributed by atoms with Crippen molar-refractivity contribution < 1.29 is 14.3 Å². The van der Waals surface area contributed by atoms with Gasteiger partial charge in [0, 0.05) is 39.9 Å². The summed E-state index contributed by atoms with van der Waals surface area (Å²) in [5.41, 5.74) is 0.689. The third kappa shape index (κ3) is 2.36. The molecule has 0 aliphatic carbocycles. The highest BCUT2D eigenvalue weighted by Crippen LogP contribution is 2.37. The molecule has 3 rings (SSSR count). The lowest BCUT2D eigenvalue weighted by Crippen LogP contribution is -2.47. The molecule has 1 atom stereocenters. The van der Waals surface area contributed by atoms with Crippen molar-refractivity contribution in [2.24, 2.45) is 7.05 Å². The van der Waals surface area contributed by atoms with Gasteiger partial charge in [-0.2, -0.15) is 0 Å². The van der Waals surface area contributed by atoms with Crippen LogP contribution in [0, 0.1) is 0 Å². The molecule has 20 heavy (non-hydrogen) atoms. The maximum atomic E-state index is 12.4. The highest BCUT2D eigenvalue weighted by Gasteiger charge is 2.43. The Kier molecular flexibility index (Phi) is 3.56. The molecule has 0 aromatic carbocycles. The molecule has 3 heterocycles. The summed E-state index contributed by atoms with van der Waals surface area (Å²) >= 11 is 0. The van der Waals surface area contributed by atoms with Crippen LogP contribution in [0.25, 0.3) is 0 Å². The van der Waals surface area contributed by atoms with Crippen molar-refractivity contribution in [3.63, 3.8) is 0 Å². The summed E-state index contributed by atoms with van der Waals surface area (Å²) in [4.78, 5) is 14.4. The third-order valence-corrected chi connectivity index (χ3v) is 4.63. The summed E-state index contributed by atoms with van der Waals surface area (Å²) in [6.45, 7) is 2.21. The first-order valence-electron chi connectivity index (χ1n) is 7.21. The minimum absolute atomic E-state index is 0.0638. The van der Waals surface area contributed by atoms with E-state index in [-0.39, 0.29) is 17.6 Å². The summed E-state index contributed by atoms with van der Waals surface area (Å²) in [6, 6.07) is 3.78. The van der Waals surface area contributed by atoms with Crippen LogP contribution >= 0.6 is 0 Å². The molecule has 5 nitrogen and oxygen atoms in total. The lowest BCUT2D eigenvalue weighted by molar-refractivity contribution is -0.0403. The molecule has 1 aromatic heterocycles. The average Bonchev–Trinajstić information content (AvgIpc) is 3.06. The highest BCUT2D eigenvalue weighted by atomic mass is 16.6. The van der Waals surface area contributed by atoms with E-state index in [0.717, 1.165) is 38.0 Å². The number of likely N-dealkylation sites (tertiary alicyclic amines) is 1. The van der Waals surface area contributed by atoms with Crippen molar-refractivity contribution in [3.8, 4) is 0 Å². The van der Waals surface area contributed by atoms with Crippen molar-refractivity contribution in [3.05, 3.63) is 24.0 Å². The molecule has 1 amide bonds. The molecule has 0 bridgehead atoms. The Morgan fingerprint density at radius 1 is 1.45 bits per heavy atom. The van der Waals surface area contributed by atoms with E-state index >= 15 is 0 Å². The van der Waals surface area contributed by atoms with Crippen molar-refractivity contribution in [1.29, 1.82) is 0 Å². The minimum atomic E-state index is -0.0638. The zero-order valence-electron chi connectivity index (χ0n) is 12.2. The normalized spacial score (nSPS) is 25.3. The van der Waals surface area contributed by atoms with Crippen LogP contribution in [0.1, 0.15) is 29.8 Å². The second-order valence-corrected chi connectivity index (χ2v) is 5.85. The zero-order valence-corrected chi connectivity index (χ0v) is 12.2. The molecule has 0 N–H and O–H groups in total. The number of hydrogen-bond donors (Lipinski definition) is 0. The number of rotatable bonds is 2. The van der Waals surface area contributed by atoms with Crippen molar-refractivity contribution in [1.82, 2.24) is 9.47 Å². The standard InChI is InChI=1S/C15H22N2O3/c1-16-7-3-4-13(16)14(18)17-8-5-15(6-9-17)10-12(19-2)11-20-15/h3-4,7,12H,5-6,8-11H2,1-2H3. The minimum Gasteiger partial charge on any atom is -0.379 e. The Morgan fingerprint density at radius 2 is 2.20 bits per heavy atom. The molecular weight excluding hydrogens is 256 g/mol. The van der Waals surface area contributed by atoms with Gasteiger partial charge in [0.25, 0.3) is 5.91 Å². The number of piperidine rings is 1. The SMILES string of the molecule is COC1COC2(CCN(C(=O)c3cccn3C)CC2)C1. The van der Waals surface area contributed by atoms with E-state index in [4.69, 9.17) is 9.47 Å². The molecule has 110 valence electrons. The number of aryl methyl sites for hydroxylation is 1. The van der Waals surface area contributed by atoms with Crippen LogP contribution in [-0.4, -0.2) is 53.9 Å². The first kappa shape index (κ1) is 13.6. The molecular formula is C15H22N2O3. The van der Waals surface area contributed by atoms with Crippen LogP contribution in [-0.2, 0) is 16.5 Å². The van der Waals surface area contributed by atoms with Gasteiger partial charge in [0.2, 0.25) is 0 Å². The fraction of sp³-hybridized carbons (Fsp3) is 0.667. The molecule has 2 aliphatic rings. The van der Waals surface area contributed by atoms with Crippen LogP contribution in [0.2, 0.25) is 0 Å². The average molecular weight is 278 g/mol. The van der Waals surface area contributed by atoms with Crippen molar-refractivity contribution >= 4 is 5.91 Å². The number of aromatic nitrogens is 1. The predicted molar refractivity (Wildman–Crippen MR) is 74.6 cm³/mol. The second-order valence-electron chi connectivity index (χ2n) is 5.85. The fourth-order valence-corrected chi connectivity index (χ4v) is 3.26. The first-order valence-corrected chi connectivity index (χ1v) is 7.21. The largest absolute Gasteiger partial charge is 0.379 e. The van der Waals surface area contributed by atoms with E-state index < -0.39 is 0 Å². The summed E-state index contributed by atoms with van der Waals surface area (Å²) in [5.74, 6) is 0.119. The summed E-state index contributed by atoms with van der Waals surface area (Å²) in [6.07, 6.45) is 4.88. The molecule has 2 aliphatic heterocycles. The Balaban J connectivity index is 1.62. The number of methoxy groups -OCH3 is 1. The van der Waals surface area contributed by atoms with E-state index in [0.29, 0.717) is 6.61 Å². The second kappa shape index (κ2) is 5.22. The Labute approximate surface area is 119 Å². The van der Waals surface area contributed by atoms with Crippen LogP contribution in [0.4, 0.5) is 0 Å². The van der Waals surface area contributed by atoms with E-state index in [1.165, 1.54) is 0 Å². The van der Waals surface area contributed by atoms with Gasteiger partial charge in [-0.3, -0.25) is 4.79 Å². The summed E-state index contributed by atoms with van der Waals surface area (Å²) in [5, 5.41) is 0. The zero-order chi connectivity index (χ0) is 14.2. The van der Waals surface area contributed by atoms with Gasteiger partial charge in [-0.25, -0.2) is 0 Å². The van der Waals surface area contributed by atoms with Gasteiger partial charge >= 0.3 is 0 Å². The maximum absolute atomic E-state index is 12.4. The molecule has 1 spiro atoms. The topological polar surface area (TPSA) is 43.7 Å². The van der Waals surface area contributed by atoms with Gasteiger partial charge in [0.15, 0.2) is 0 Å². The third-order valence-electron chi connectivity index (χ3n) is 4.63. The monoisotopic (exact) mass is 278 g/mol. The van der Waals surface area contributed by atoms with E-state index in [9.17, 15) is 4.79 Å². The van der Waals surface area contributed by atoms with Gasteiger partial charge in [0.1, 0.15) is 5.69 Å². The van der Waals surface area contributed by atoms with Crippen LogP contribution < -0.4 is 0 Å². The van der Waals surface area contributed by atoms with Crippen LogP contribution in [0.15, 0.2) is 18.3 Å². The molecule has 5 heteroatoms. The van der Waals surface area contributed by atoms with Gasteiger partial charge in [-0.05, 0) is 25.0 Å². The Hall–Kier alpha value is -1.33. The molecule has 0 radical (unpaired) electrons. The maximum Gasteiger partial charge on any atom is 0.270 e. The molecule has 1 unspecified atom stereocenters. The van der Waals surface area contributed by atoms with Gasteiger partial charge < -0.3 is 18.9 Å². The number of nitrogens with zero attached hydrogens (tertiary/aromatic N) is 2. The smallest absolute Gasteiger partial charge is 0.270 e. The van der Waals surface area contributed by atoms with Crippen molar-refractivity contribution in [2.75, 3.05) is 26.8 Å². The highest BCUT2D eigenvalue weighted by molar-refractivity contribution is 5.92. The number of ether oxygens (including phenoxy) is 2. The Bertz CT molecular complexity index is 489.